The van der Waals surface area contributed by atoms with Gasteiger partial charge in [0, 0.05) is 29.9 Å². The summed E-state index contributed by atoms with van der Waals surface area (Å²) in [7, 11) is 1.53. The Bertz CT molecular complexity index is 1080. The molecule has 30 heavy (non-hydrogen) atoms. The van der Waals surface area contributed by atoms with E-state index in [0.29, 0.717) is 28.4 Å². The Morgan fingerprint density at radius 3 is 2.23 bits per heavy atom. The zero-order valence-corrected chi connectivity index (χ0v) is 18.0. The fourth-order valence-corrected chi connectivity index (χ4v) is 3.83. The molecule has 158 valence electrons. The minimum absolute atomic E-state index is 0.256. The van der Waals surface area contributed by atoms with Crippen molar-refractivity contribution in [3.8, 4) is 16.9 Å². The van der Waals surface area contributed by atoms with Gasteiger partial charge in [0.05, 0.1) is 7.11 Å². The highest BCUT2D eigenvalue weighted by molar-refractivity contribution is 5.75. The zero-order valence-electron chi connectivity index (χ0n) is 18.0. The molecule has 0 amide bonds. The summed E-state index contributed by atoms with van der Waals surface area (Å²) < 4.78 is 11.1. The van der Waals surface area contributed by atoms with E-state index in [-0.39, 0.29) is 6.42 Å². The highest BCUT2D eigenvalue weighted by Crippen LogP contribution is 2.33. The third kappa shape index (κ3) is 4.33. The lowest BCUT2D eigenvalue weighted by atomic mass is 9.94. The van der Waals surface area contributed by atoms with Crippen molar-refractivity contribution in [2.75, 3.05) is 17.9 Å². The summed E-state index contributed by atoms with van der Waals surface area (Å²) in [5.74, 6) is 0.834. The molecule has 0 aliphatic heterocycles. The topological polar surface area (TPSA) is 91.8 Å². The van der Waals surface area contributed by atoms with Gasteiger partial charge in [0.2, 0.25) is 0 Å². The molecule has 0 spiro atoms. The third-order valence-electron chi connectivity index (χ3n) is 5.16. The molecule has 3 aromatic rings. The van der Waals surface area contributed by atoms with E-state index in [4.69, 9.17) is 14.9 Å². The van der Waals surface area contributed by atoms with Gasteiger partial charge in [0.15, 0.2) is 0 Å². The van der Waals surface area contributed by atoms with Crippen LogP contribution in [0.1, 0.15) is 29.4 Å². The van der Waals surface area contributed by atoms with E-state index in [1.54, 1.807) is 37.3 Å². The maximum atomic E-state index is 12.9. The van der Waals surface area contributed by atoms with Crippen LogP contribution in [0.2, 0.25) is 0 Å². The van der Waals surface area contributed by atoms with Crippen LogP contribution in [0.4, 0.5) is 11.4 Å². The number of nitrogens with zero attached hydrogens (tertiary/aromatic N) is 1. The number of hydroxylamine groups is 1. The Balaban J connectivity index is 1.94. The number of hydrogen-bond acceptors (Lipinski definition) is 6. The normalized spacial score (nSPS) is 11.9. The van der Waals surface area contributed by atoms with Crippen LogP contribution in [0.25, 0.3) is 11.1 Å². The molecule has 0 bridgehead atoms. The van der Waals surface area contributed by atoms with Gasteiger partial charge in [-0.3, -0.25) is 0 Å². The zero-order chi connectivity index (χ0) is 22.0. The lowest BCUT2D eigenvalue weighted by Gasteiger charge is -2.37. The highest BCUT2D eigenvalue weighted by Gasteiger charge is 2.20. The number of rotatable bonds is 6. The Hall–Kier alpha value is -3.25. The molecule has 1 aromatic heterocycles. The monoisotopic (exact) mass is 407 g/mol. The first-order chi connectivity index (χ1) is 14.2. The van der Waals surface area contributed by atoms with Crippen molar-refractivity contribution >= 4 is 11.4 Å². The van der Waals surface area contributed by atoms with Crippen molar-refractivity contribution in [2.45, 2.75) is 40.2 Å². The molecular formula is C24H27N2O4-. The first-order valence-electron chi connectivity index (χ1n) is 9.82. The Morgan fingerprint density at radius 1 is 1.07 bits per heavy atom. The maximum Gasteiger partial charge on any atom is 0.347 e. The molecule has 0 aliphatic carbocycles. The number of nitrogens with two attached hydrogens (primary N) is 1. The van der Waals surface area contributed by atoms with Gasteiger partial charge < -0.3 is 25.2 Å². The van der Waals surface area contributed by atoms with E-state index in [0.717, 1.165) is 27.3 Å². The molecule has 6 nitrogen and oxygen atoms in total. The highest BCUT2D eigenvalue weighted by atomic mass is 16.5. The van der Waals surface area contributed by atoms with Crippen molar-refractivity contribution in [2.24, 2.45) is 0 Å². The summed E-state index contributed by atoms with van der Waals surface area (Å²) in [5.41, 5.74) is 10.6. The molecule has 3 rings (SSSR count). The molecule has 0 fully saturated rings. The predicted octanol–water partition coefficient (Wildman–Crippen LogP) is 4.76. The molecule has 1 atom stereocenters. The number of methoxy groups -OCH3 is 1. The van der Waals surface area contributed by atoms with Crippen LogP contribution < -0.4 is 21.2 Å². The van der Waals surface area contributed by atoms with Crippen LogP contribution in [-0.4, -0.2) is 13.2 Å². The molecule has 0 aliphatic rings. The quantitative estimate of drug-likeness (QED) is 0.468. The molecule has 2 N–H and O–H groups in total. The molecule has 6 heteroatoms. The summed E-state index contributed by atoms with van der Waals surface area (Å²) in [5, 5.41) is 13.5. The summed E-state index contributed by atoms with van der Waals surface area (Å²) in [6.45, 7) is 7.72. The molecule has 0 saturated carbocycles. The Labute approximate surface area is 176 Å². The van der Waals surface area contributed by atoms with E-state index in [9.17, 15) is 10.0 Å². The first kappa shape index (κ1) is 21.5. The molecule has 1 unspecified atom stereocenters. The molecule has 0 radical (unpaired) electrons. The summed E-state index contributed by atoms with van der Waals surface area (Å²) in [6.07, 6.45) is 0.256. The lowest BCUT2D eigenvalue weighted by Crippen LogP contribution is -2.29. The van der Waals surface area contributed by atoms with Crippen molar-refractivity contribution in [3.63, 3.8) is 0 Å². The molecular weight excluding hydrogens is 380 g/mol. The van der Waals surface area contributed by atoms with E-state index >= 15 is 0 Å². The van der Waals surface area contributed by atoms with Crippen molar-refractivity contribution in [1.82, 2.24) is 0 Å². The minimum atomic E-state index is -0.475. The summed E-state index contributed by atoms with van der Waals surface area (Å²) >= 11 is 0. The molecule has 2 aromatic carbocycles. The average molecular weight is 407 g/mol. The van der Waals surface area contributed by atoms with Gasteiger partial charge in [0.25, 0.3) is 0 Å². The largest absolute Gasteiger partial charge is 0.758 e. The van der Waals surface area contributed by atoms with Crippen molar-refractivity contribution in [3.05, 3.63) is 80.5 Å². The van der Waals surface area contributed by atoms with E-state index < -0.39 is 11.7 Å². The fourth-order valence-electron chi connectivity index (χ4n) is 3.83. The molecule has 1 heterocycles. The average Bonchev–Trinajstić information content (AvgIpc) is 2.68. The van der Waals surface area contributed by atoms with Gasteiger partial charge in [-0.15, -0.1) is 0 Å². The third-order valence-corrected chi connectivity index (χ3v) is 5.16. The van der Waals surface area contributed by atoms with Crippen LogP contribution in [0.15, 0.2) is 51.7 Å². The van der Waals surface area contributed by atoms with Crippen molar-refractivity contribution in [1.29, 1.82) is 0 Å². The number of ether oxygens (including phenoxy) is 1. The van der Waals surface area contributed by atoms with E-state index in [1.165, 1.54) is 7.11 Å². The Morgan fingerprint density at radius 2 is 1.67 bits per heavy atom. The number of nitrogen functional groups attached to an aromatic ring is 1. The van der Waals surface area contributed by atoms with Crippen LogP contribution in [0.5, 0.6) is 5.75 Å². The minimum Gasteiger partial charge on any atom is -0.758 e. The number of anilines is 2. The summed E-state index contributed by atoms with van der Waals surface area (Å²) in [6, 6.07) is 12.0. The molecule has 0 saturated heterocycles. The summed E-state index contributed by atoms with van der Waals surface area (Å²) in [4.78, 5) is 12.9. The second-order valence-corrected chi connectivity index (χ2v) is 7.69. The van der Waals surface area contributed by atoms with E-state index in [1.807, 2.05) is 32.9 Å². The van der Waals surface area contributed by atoms with Gasteiger partial charge in [-0.05, 0) is 68.7 Å². The first-order valence-corrected chi connectivity index (χ1v) is 9.82. The SMILES string of the molecule is COc1cc(CC(C)N([O-])c2ccc(N)cc2)oc(=O)c1-c1c(C)cc(C)cc1C. The van der Waals surface area contributed by atoms with Gasteiger partial charge in [-0.1, -0.05) is 17.7 Å². The van der Waals surface area contributed by atoms with Crippen LogP contribution in [0.3, 0.4) is 0 Å². The standard InChI is InChI=1S/C24H27N2O4/c1-14-10-15(2)22(16(3)11-14)23-21(29-5)13-20(30-24(23)27)12-17(4)26(28)19-8-6-18(25)7-9-19/h6-11,13,17H,12,25H2,1-5H3/q-1. The smallest absolute Gasteiger partial charge is 0.347 e. The fraction of sp³-hybridized carbons (Fsp3) is 0.292. The van der Waals surface area contributed by atoms with Gasteiger partial charge in [-0.2, -0.15) is 0 Å². The second-order valence-electron chi connectivity index (χ2n) is 7.69. The number of benzene rings is 2. The maximum absolute atomic E-state index is 12.9. The number of hydrogen-bond donors (Lipinski definition) is 1. The predicted molar refractivity (Wildman–Crippen MR) is 121 cm³/mol. The van der Waals surface area contributed by atoms with Crippen LogP contribution in [-0.2, 0) is 6.42 Å². The van der Waals surface area contributed by atoms with Crippen LogP contribution in [0, 0.1) is 26.0 Å². The van der Waals surface area contributed by atoms with Gasteiger partial charge in [0.1, 0.15) is 17.1 Å². The van der Waals surface area contributed by atoms with E-state index in [2.05, 4.69) is 0 Å². The second kappa shape index (κ2) is 8.63. The Kier molecular flexibility index (Phi) is 6.17. The van der Waals surface area contributed by atoms with Gasteiger partial charge >= 0.3 is 5.63 Å². The number of aryl methyl sites for hydroxylation is 3. The van der Waals surface area contributed by atoms with Crippen molar-refractivity contribution < 1.29 is 9.15 Å². The van der Waals surface area contributed by atoms with Crippen LogP contribution >= 0.6 is 0 Å². The lowest BCUT2D eigenvalue weighted by molar-refractivity contribution is 0.392. The van der Waals surface area contributed by atoms with Gasteiger partial charge in [-0.25, -0.2) is 4.79 Å².